The molecule has 6 nitrogen and oxygen atoms in total. The van der Waals surface area contributed by atoms with E-state index < -0.39 is 0 Å². The molecule has 1 aromatic heterocycles. The average Bonchev–Trinajstić information content (AvgIpc) is 2.78. The van der Waals surface area contributed by atoms with Gasteiger partial charge >= 0.3 is 0 Å². The molecule has 2 N–H and O–H groups in total. The fraction of sp³-hybridized carbons (Fsp3) is 0.174. The Morgan fingerprint density at radius 3 is 2.48 bits per heavy atom. The molecular weight excluding hydrogens is 364 g/mol. The van der Waals surface area contributed by atoms with Gasteiger partial charge in [-0.2, -0.15) is 0 Å². The van der Waals surface area contributed by atoms with Gasteiger partial charge in [0.15, 0.2) is 0 Å². The standard InChI is InChI=1S/C23H24N4O2/c1-3-17-11-13-18(14-12-17)22(28)27-23(25-16-19-8-6-7-15-24-19)26-20-9-4-5-10-21(20)29-2/h4-15H,3,16H2,1-2H3,(H2,25,26,27,28). The molecule has 0 bridgehead atoms. The van der Waals surface area contributed by atoms with Gasteiger partial charge in [0.2, 0.25) is 5.96 Å². The summed E-state index contributed by atoms with van der Waals surface area (Å²) in [6.45, 7) is 2.40. The monoisotopic (exact) mass is 388 g/mol. The van der Waals surface area contributed by atoms with Crippen molar-refractivity contribution in [3.05, 3.63) is 89.7 Å². The Bertz CT molecular complexity index is 970. The molecule has 0 aliphatic heterocycles. The average molecular weight is 388 g/mol. The molecule has 0 aliphatic carbocycles. The van der Waals surface area contributed by atoms with E-state index in [-0.39, 0.29) is 5.91 Å². The third kappa shape index (κ3) is 5.65. The second kappa shape index (κ2) is 10.0. The molecule has 3 rings (SSSR count). The van der Waals surface area contributed by atoms with Gasteiger partial charge in [-0.05, 0) is 48.4 Å². The van der Waals surface area contributed by atoms with E-state index in [4.69, 9.17) is 4.74 Å². The van der Waals surface area contributed by atoms with Crippen molar-refractivity contribution in [1.29, 1.82) is 0 Å². The van der Waals surface area contributed by atoms with Crippen LogP contribution in [0.1, 0.15) is 28.5 Å². The third-order valence-electron chi connectivity index (χ3n) is 4.34. The minimum atomic E-state index is -0.241. The molecule has 0 aliphatic rings. The number of anilines is 1. The number of aromatic nitrogens is 1. The molecule has 148 valence electrons. The topological polar surface area (TPSA) is 75.6 Å². The zero-order valence-electron chi connectivity index (χ0n) is 16.6. The summed E-state index contributed by atoms with van der Waals surface area (Å²) in [5, 5.41) is 6.01. The number of ether oxygens (including phenoxy) is 1. The van der Waals surface area contributed by atoms with Crippen molar-refractivity contribution in [2.75, 3.05) is 12.4 Å². The van der Waals surface area contributed by atoms with Crippen molar-refractivity contribution >= 4 is 17.6 Å². The lowest BCUT2D eigenvalue weighted by atomic mass is 10.1. The number of nitrogens with zero attached hydrogens (tertiary/aromatic N) is 2. The molecule has 2 aromatic carbocycles. The summed E-state index contributed by atoms with van der Waals surface area (Å²) >= 11 is 0. The number of hydrogen-bond acceptors (Lipinski definition) is 4. The van der Waals surface area contributed by atoms with E-state index in [0.29, 0.717) is 29.5 Å². The highest BCUT2D eigenvalue weighted by Crippen LogP contribution is 2.22. The van der Waals surface area contributed by atoms with Crippen LogP contribution < -0.4 is 15.4 Å². The van der Waals surface area contributed by atoms with Crippen LogP contribution in [0, 0.1) is 0 Å². The van der Waals surface area contributed by atoms with Gasteiger partial charge in [-0.25, -0.2) is 4.99 Å². The quantitative estimate of drug-likeness (QED) is 0.493. The summed E-state index contributed by atoms with van der Waals surface area (Å²) in [7, 11) is 1.60. The predicted octanol–water partition coefficient (Wildman–Crippen LogP) is 4.05. The van der Waals surface area contributed by atoms with Crippen molar-refractivity contribution in [3.8, 4) is 5.75 Å². The molecule has 0 radical (unpaired) electrons. The lowest BCUT2D eigenvalue weighted by Crippen LogP contribution is -2.36. The van der Waals surface area contributed by atoms with Gasteiger partial charge in [-0.15, -0.1) is 0 Å². The number of para-hydroxylation sites is 2. The van der Waals surface area contributed by atoms with E-state index in [2.05, 4.69) is 27.5 Å². The number of amides is 1. The Hall–Kier alpha value is -3.67. The fourth-order valence-corrected chi connectivity index (χ4v) is 2.71. The number of rotatable bonds is 6. The zero-order valence-corrected chi connectivity index (χ0v) is 16.6. The number of aliphatic imine (C=N–C) groups is 1. The summed E-state index contributed by atoms with van der Waals surface area (Å²) in [5.74, 6) is 0.735. The van der Waals surface area contributed by atoms with Crippen molar-refractivity contribution < 1.29 is 9.53 Å². The smallest absolute Gasteiger partial charge is 0.257 e. The van der Waals surface area contributed by atoms with Crippen LogP contribution >= 0.6 is 0 Å². The first-order chi connectivity index (χ1) is 14.2. The number of carbonyl (C=O) groups excluding carboxylic acids is 1. The Kier molecular flexibility index (Phi) is 6.95. The maximum absolute atomic E-state index is 12.7. The molecule has 6 heteroatoms. The summed E-state index contributed by atoms with van der Waals surface area (Å²) in [6.07, 6.45) is 2.64. The Morgan fingerprint density at radius 2 is 1.79 bits per heavy atom. The number of carbonyl (C=O) groups is 1. The lowest BCUT2D eigenvalue weighted by molar-refractivity contribution is 0.0977. The van der Waals surface area contributed by atoms with E-state index in [0.717, 1.165) is 12.1 Å². The fourth-order valence-electron chi connectivity index (χ4n) is 2.71. The van der Waals surface area contributed by atoms with Crippen LogP contribution in [-0.4, -0.2) is 24.0 Å². The number of benzene rings is 2. The number of pyridine rings is 1. The summed E-state index contributed by atoms with van der Waals surface area (Å²) in [5.41, 5.74) is 3.25. The van der Waals surface area contributed by atoms with Gasteiger partial charge in [0, 0.05) is 11.8 Å². The maximum atomic E-state index is 12.7. The minimum absolute atomic E-state index is 0.241. The predicted molar refractivity (Wildman–Crippen MR) is 115 cm³/mol. The number of hydrogen-bond donors (Lipinski definition) is 2. The van der Waals surface area contributed by atoms with Gasteiger partial charge in [0.1, 0.15) is 5.75 Å². The van der Waals surface area contributed by atoms with Crippen LogP contribution in [0.2, 0.25) is 0 Å². The van der Waals surface area contributed by atoms with Crippen LogP contribution in [0.5, 0.6) is 5.75 Å². The van der Waals surface area contributed by atoms with Crippen molar-refractivity contribution in [2.24, 2.45) is 4.99 Å². The first-order valence-corrected chi connectivity index (χ1v) is 9.44. The SMILES string of the molecule is CCc1ccc(C(=O)NC(=NCc2ccccn2)Nc2ccccc2OC)cc1. The van der Waals surface area contributed by atoms with Crippen LogP contribution in [0.4, 0.5) is 5.69 Å². The summed E-state index contributed by atoms with van der Waals surface area (Å²) < 4.78 is 5.38. The van der Waals surface area contributed by atoms with Crippen molar-refractivity contribution in [1.82, 2.24) is 10.3 Å². The maximum Gasteiger partial charge on any atom is 0.257 e. The van der Waals surface area contributed by atoms with E-state index >= 15 is 0 Å². The molecular formula is C23H24N4O2. The van der Waals surface area contributed by atoms with Crippen LogP contribution in [0.3, 0.4) is 0 Å². The number of aryl methyl sites for hydroxylation is 1. The Morgan fingerprint density at radius 1 is 1.03 bits per heavy atom. The molecule has 0 unspecified atom stereocenters. The van der Waals surface area contributed by atoms with E-state index in [1.807, 2.05) is 66.7 Å². The number of guanidine groups is 1. The molecule has 0 fully saturated rings. The van der Waals surface area contributed by atoms with Gasteiger partial charge < -0.3 is 10.1 Å². The highest BCUT2D eigenvalue weighted by Gasteiger charge is 2.11. The van der Waals surface area contributed by atoms with E-state index in [9.17, 15) is 4.79 Å². The van der Waals surface area contributed by atoms with Crippen LogP contribution in [0.15, 0.2) is 77.9 Å². The summed E-state index contributed by atoms with van der Waals surface area (Å²) in [6, 6.07) is 20.6. The number of methoxy groups -OCH3 is 1. The van der Waals surface area contributed by atoms with Gasteiger partial charge in [-0.1, -0.05) is 37.3 Å². The molecule has 3 aromatic rings. The Labute approximate surface area is 170 Å². The number of nitrogens with one attached hydrogen (secondary N) is 2. The minimum Gasteiger partial charge on any atom is -0.495 e. The van der Waals surface area contributed by atoms with Crippen LogP contribution in [-0.2, 0) is 13.0 Å². The zero-order chi connectivity index (χ0) is 20.5. The van der Waals surface area contributed by atoms with E-state index in [1.165, 1.54) is 5.56 Å². The van der Waals surface area contributed by atoms with Crippen LogP contribution in [0.25, 0.3) is 0 Å². The van der Waals surface area contributed by atoms with Gasteiger partial charge in [0.25, 0.3) is 5.91 Å². The molecule has 0 spiro atoms. The lowest BCUT2D eigenvalue weighted by Gasteiger charge is -2.14. The molecule has 0 saturated carbocycles. The van der Waals surface area contributed by atoms with Crippen molar-refractivity contribution in [3.63, 3.8) is 0 Å². The Balaban J connectivity index is 1.82. The molecule has 1 amide bonds. The molecule has 1 heterocycles. The normalized spacial score (nSPS) is 11.0. The molecule has 0 saturated heterocycles. The second-order valence-electron chi connectivity index (χ2n) is 6.32. The van der Waals surface area contributed by atoms with E-state index in [1.54, 1.807) is 13.3 Å². The highest BCUT2D eigenvalue weighted by atomic mass is 16.5. The van der Waals surface area contributed by atoms with Crippen molar-refractivity contribution in [2.45, 2.75) is 19.9 Å². The summed E-state index contributed by atoms with van der Waals surface area (Å²) in [4.78, 5) is 21.5. The first kappa shape index (κ1) is 20.1. The second-order valence-corrected chi connectivity index (χ2v) is 6.32. The van der Waals surface area contributed by atoms with Gasteiger partial charge in [-0.3, -0.25) is 15.1 Å². The molecule has 0 atom stereocenters. The molecule has 29 heavy (non-hydrogen) atoms. The largest absolute Gasteiger partial charge is 0.495 e. The third-order valence-corrected chi connectivity index (χ3v) is 4.34. The van der Waals surface area contributed by atoms with Gasteiger partial charge in [0.05, 0.1) is 25.0 Å². The first-order valence-electron chi connectivity index (χ1n) is 9.44. The highest BCUT2D eigenvalue weighted by molar-refractivity contribution is 6.10.